The highest BCUT2D eigenvalue weighted by Crippen LogP contribution is 2.24. The van der Waals surface area contributed by atoms with Gasteiger partial charge in [0.15, 0.2) is 5.82 Å². The van der Waals surface area contributed by atoms with Crippen LogP contribution < -0.4 is 5.32 Å². The van der Waals surface area contributed by atoms with Gasteiger partial charge in [0.25, 0.3) is 0 Å². The molecule has 30 heavy (non-hydrogen) atoms. The van der Waals surface area contributed by atoms with Crippen molar-refractivity contribution < 1.29 is 4.79 Å². The molecule has 2 N–H and O–H groups in total. The summed E-state index contributed by atoms with van der Waals surface area (Å²) >= 11 is 0. The van der Waals surface area contributed by atoms with Crippen molar-refractivity contribution >= 4 is 22.5 Å². The second kappa shape index (κ2) is 8.14. The molecule has 4 aromatic rings. The molecule has 1 aliphatic heterocycles. The minimum Gasteiger partial charge on any atom is -0.361 e. The van der Waals surface area contributed by atoms with Crippen LogP contribution in [0.25, 0.3) is 22.3 Å². The van der Waals surface area contributed by atoms with Crippen LogP contribution in [0.4, 0.5) is 5.69 Å². The lowest BCUT2D eigenvalue weighted by atomic mass is 10.1. The number of amides is 1. The van der Waals surface area contributed by atoms with Crippen LogP contribution in [0.15, 0.2) is 54.7 Å². The van der Waals surface area contributed by atoms with E-state index in [1.165, 1.54) is 30.2 Å². The molecule has 0 unspecified atom stereocenters. The van der Waals surface area contributed by atoms with Crippen LogP contribution >= 0.6 is 0 Å². The van der Waals surface area contributed by atoms with E-state index in [-0.39, 0.29) is 5.91 Å². The predicted octanol–water partition coefficient (Wildman–Crippen LogP) is 4.72. The van der Waals surface area contributed by atoms with Crippen LogP contribution in [0.2, 0.25) is 0 Å². The number of aromatic amines is 1. The topological polar surface area (TPSA) is 75.6 Å². The largest absolute Gasteiger partial charge is 0.361 e. The van der Waals surface area contributed by atoms with Crippen LogP contribution in [-0.4, -0.2) is 25.7 Å². The summed E-state index contributed by atoms with van der Waals surface area (Å²) in [7, 11) is 0. The van der Waals surface area contributed by atoms with Gasteiger partial charge in [-0.1, -0.05) is 24.6 Å². The van der Waals surface area contributed by atoms with Crippen LogP contribution in [0.3, 0.4) is 0 Å². The smallest absolute Gasteiger partial charge is 0.224 e. The van der Waals surface area contributed by atoms with Crippen LogP contribution in [0, 0.1) is 0 Å². The molecule has 0 bridgehead atoms. The van der Waals surface area contributed by atoms with Crippen LogP contribution in [0.1, 0.15) is 37.1 Å². The number of nitrogens with one attached hydrogen (secondary N) is 2. The number of nitrogens with zero attached hydrogens (tertiary/aromatic N) is 3. The highest BCUT2D eigenvalue weighted by atomic mass is 16.1. The fourth-order valence-corrected chi connectivity index (χ4v) is 4.21. The molecule has 0 atom stereocenters. The van der Waals surface area contributed by atoms with E-state index in [4.69, 9.17) is 0 Å². The molecule has 6 nitrogen and oxygen atoms in total. The summed E-state index contributed by atoms with van der Waals surface area (Å²) in [5.74, 6) is 2.02. The van der Waals surface area contributed by atoms with Gasteiger partial charge in [0, 0.05) is 47.7 Å². The van der Waals surface area contributed by atoms with Crippen molar-refractivity contribution in [2.45, 2.75) is 45.1 Å². The van der Waals surface area contributed by atoms with Crippen molar-refractivity contribution in [2.24, 2.45) is 0 Å². The molecule has 0 aliphatic carbocycles. The number of anilines is 1. The van der Waals surface area contributed by atoms with E-state index in [1.807, 2.05) is 42.6 Å². The fraction of sp³-hybridized carbons (Fsp3) is 0.292. The Labute approximate surface area is 175 Å². The third kappa shape index (κ3) is 3.73. The van der Waals surface area contributed by atoms with Gasteiger partial charge in [-0.3, -0.25) is 4.79 Å². The molecule has 2 aromatic carbocycles. The number of aromatic nitrogens is 4. The molecule has 0 saturated heterocycles. The van der Waals surface area contributed by atoms with Crippen molar-refractivity contribution in [1.29, 1.82) is 0 Å². The minimum absolute atomic E-state index is 0.0179. The maximum Gasteiger partial charge on any atom is 0.224 e. The summed E-state index contributed by atoms with van der Waals surface area (Å²) in [5, 5.41) is 13.0. The first-order valence-corrected chi connectivity index (χ1v) is 10.7. The molecule has 0 radical (unpaired) electrons. The lowest BCUT2D eigenvalue weighted by Crippen LogP contribution is -2.12. The van der Waals surface area contributed by atoms with Crippen molar-refractivity contribution in [3.63, 3.8) is 0 Å². The summed E-state index contributed by atoms with van der Waals surface area (Å²) in [6.07, 6.45) is 7.74. The van der Waals surface area contributed by atoms with Gasteiger partial charge in [-0.25, -0.2) is 0 Å². The first kappa shape index (κ1) is 18.6. The molecular weight excluding hydrogens is 374 g/mol. The number of H-pyrrole nitrogens is 1. The molecule has 0 fully saturated rings. The molecule has 0 saturated carbocycles. The monoisotopic (exact) mass is 399 g/mol. The van der Waals surface area contributed by atoms with Crippen LogP contribution in [-0.2, 0) is 24.2 Å². The Kier molecular flexibility index (Phi) is 5.05. The van der Waals surface area contributed by atoms with Crippen molar-refractivity contribution in [1.82, 2.24) is 19.7 Å². The summed E-state index contributed by atoms with van der Waals surface area (Å²) in [6, 6.07) is 16.1. The van der Waals surface area contributed by atoms with E-state index in [2.05, 4.69) is 37.2 Å². The van der Waals surface area contributed by atoms with Crippen LogP contribution in [0.5, 0.6) is 0 Å². The SMILES string of the molecule is O=C(CCc1c[nH]c2ccccc12)Nc1ccc(-c2nnc3n2CCCCC3)cc1. The van der Waals surface area contributed by atoms with Gasteiger partial charge in [-0.2, -0.15) is 0 Å². The number of para-hydroxylation sites is 1. The van der Waals surface area contributed by atoms with Crippen molar-refractivity contribution in [3.05, 3.63) is 66.1 Å². The Bertz CT molecular complexity index is 1170. The Hall–Kier alpha value is -3.41. The maximum atomic E-state index is 12.4. The van der Waals surface area contributed by atoms with E-state index >= 15 is 0 Å². The molecule has 2 aromatic heterocycles. The van der Waals surface area contributed by atoms with Gasteiger partial charge in [0.1, 0.15) is 5.82 Å². The predicted molar refractivity (Wildman–Crippen MR) is 118 cm³/mol. The Balaban J connectivity index is 1.23. The van der Waals surface area contributed by atoms with Gasteiger partial charge < -0.3 is 14.9 Å². The summed E-state index contributed by atoms with van der Waals surface area (Å²) in [6.45, 7) is 0.976. The maximum absolute atomic E-state index is 12.4. The number of benzene rings is 2. The van der Waals surface area contributed by atoms with Crippen molar-refractivity contribution in [2.75, 3.05) is 5.32 Å². The average molecular weight is 399 g/mol. The first-order valence-electron chi connectivity index (χ1n) is 10.7. The fourth-order valence-electron chi connectivity index (χ4n) is 4.21. The normalized spacial score (nSPS) is 13.7. The number of carbonyl (C=O) groups is 1. The number of aryl methyl sites for hydroxylation is 2. The molecule has 1 amide bonds. The number of hydrogen-bond acceptors (Lipinski definition) is 3. The standard InChI is InChI=1S/C24H25N5O/c30-23(14-11-18-16-25-21-7-4-3-6-20(18)21)26-19-12-9-17(10-13-19)24-28-27-22-8-2-1-5-15-29(22)24/h3-4,6-7,9-10,12-13,16,25H,1-2,5,8,11,14-15H2,(H,26,30). The minimum atomic E-state index is 0.0179. The molecular formula is C24H25N5O. The lowest BCUT2D eigenvalue weighted by molar-refractivity contribution is -0.116. The summed E-state index contributed by atoms with van der Waals surface area (Å²) in [4.78, 5) is 15.7. The highest BCUT2D eigenvalue weighted by Gasteiger charge is 2.16. The Morgan fingerprint density at radius 2 is 1.90 bits per heavy atom. The van der Waals surface area contributed by atoms with E-state index < -0.39 is 0 Å². The quantitative estimate of drug-likeness (QED) is 0.510. The van der Waals surface area contributed by atoms with E-state index in [1.54, 1.807) is 0 Å². The first-order chi connectivity index (χ1) is 14.8. The molecule has 1 aliphatic rings. The Morgan fingerprint density at radius 1 is 1.03 bits per heavy atom. The number of hydrogen-bond donors (Lipinski definition) is 2. The molecule has 3 heterocycles. The number of carbonyl (C=O) groups excluding carboxylic acids is 1. The van der Waals surface area contributed by atoms with E-state index in [0.717, 1.165) is 41.4 Å². The average Bonchev–Trinajstić information content (AvgIpc) is 3.29. The second-order valence-corrected chi connectivity index (χ2v) is 7.89. The molecule has 152 valence electrons. The zero-order valence-corrected chi connectivity index (χ0v) is 16.9. The Morgan fingerprint density at radius 3 is 2.80 bits per heavy atom. The third-order valence-electron chi connectivity index (χ3n) is 5.83. The molecule has 0 spiro atoms. The lowest BCUT2D eigenvalue weighted by Gasteiger charge is -2.09. The zero-order chi connectivity index (χ0) is 20.3. The van der Waals surface area contributed by atoms with Gasteiger partial charge >= 0.3 is 0 Å². The molecule has 5 rings (SSSR count). The number of fused-ring (bicyclic) bond motifs is 2. The van der Waals surface area contributed by atoms with Crippen molar-refractivity contribution in [3.8, 4) is 11.4 Å². The van der Waals surface area contributed by atoms with Gasteiger partial charge in [-0.05, 0) is 55.2 Å². The van der Waals surface area contributed by atoms with Gasteiger partial charge in [-0.15, -0.1) is 10.2 Å². The number of rotatable bonds is 5. The summed E-state index contributed by atoms with van der Waals surface area (Å²) < 4.78 is 2.24. The van der Waals surface area contributed by atoms with Gasteiger partial charge in [0.2, 0.25) is 5.91 Å². The van der Waals surface area contributed by atoms with E-state index in [9.17, 15) is 4.79 Å². The molecule has 6 heteroatoms. The van der Waals surface area contributed by atoms with E-state index in [0.29, 0.717) is 12.8 Å². The highest BCUT2D eigenvalue weighted by molar-refractivity contribution is 5.91. The summed E-state index contributed by atoms with van der Waals surface area (Å²) in [5.41, 5.74) is 4.11. The second-order valence-electron chi connectivity index (χ2n) is 7.89. The van der Waals surface area contributed by atoms with Gasteiger partial charge in [0.05, 0.1) is 0 Å². The zero-order valence-electron chi connectivity index (χ0n) is 16.9. The third-order valence-corrected chi connectivity index (χ3v) is 5.83.